The molecule has 5 nitrogen and oxygen atoms in total. The highest BCUT2D eigenvalue weighted by molar-refractivity contribution is 5.50. The Morgan fingerprint density at radius 1 is 1.33 bits per heavy atom. The van der Waals surface area contributed by atoms with Crippen molar-refractivity contribution in [2.45, 2.75) is 32.2 Å². The first kappa shape index (κ1) is 13.1. The Morgan fingerprint density at radius 3 is 2.89 bits per heavy atom. The summed E-state index contributed by atoms with van der Waals surface area (Å²) in [5, 5.41) is 6.38. The van der Waals surface area contributed by atoms with E-state index in [9.17, 15) is 0 Å². The zero-order valence-corrected chi connectivity index (χ0v) is 11.5. The van der Waals surface area contributed by atoms with Crippen molar-refractivity contribution in [3.05, 3.63) is 11.9 Å². The standard InChI is InChI=1S/C13H23N5/c1-10-16-12(15-3)8-13(17-10)18-7-5-4-6-11(18)9-14-2/h8,11,14H,4-7,9H2,1-3H3,(H,15,16,17). The molecule has 0 amide bonds. The summed E-state index contributed by atoms with van der Waals surface area (Å²) in [5.41, 5.74) is 0. The van der Waals surface area contributed by atoms with Crippen molar-refractivity contribution in [1.82, 2.24) is 15.3 Å². The lowest BCUT2D eigenvalue weighted by atomic mass is 10.0. The second-order valence-corrected chi connectivity index (χ2v) is 4.81. The van der Waals surface area contributed by atoms with Gasteiger partial charge in [0, 0.05) is 32.2 Å². The Balaban J connectivity index is 2.24. The summed E-state index contributed by atoms with van der Waals surface area (Å²) >= 11 is 0. The van der Waals surface area contributed by atoms with Gasteiger partial charge in [-0.2, -0.15) is 0 Å². The summed E-state index contributed by atoms with van der Waals surface area (Å²) in [7, 11) is 3.91. The lowest BCUT2D eigenvalue weighted by Crippen LogP contribution is -2.45. The first-order valence-corrected chi connectivity index (χ1v) is 6.69. The predicted octanol–water partition coefficient (Wildman–Crippen LogP) is 1.41. The van der Waals surface area contributed by atoms with Crippen LogP contribution in [0.25, 0.3) is 0 Å². The average Bonchev–Trinajstić information content (AvgIpc) is 2.39. The van der Waals surface area contributed by atoms with Crippen molar-refractivity contribution in [2.75, 3.05) is 37.4 Å². The van der Waals surface area contributed by atoms with Crippen LogP contribution in [0.1, 0.15) is 25.1 Å². The van der Waals surface area contributed by atoms with Gasteiger partial charge in [0.2, 0.25) is 0 Å². The molecule has 1 aliphatic rings. The molecule has 1 aliphatic heterocycles. The maximum Gasteiger partial charge on any atom is 0.134 e. The van der Waals surface area contributed by atoms with Gasteiger partial charge in [0.1, 0.15) is 17.5 Å². The van der Waals surface area contributed by atoms with E-state index in [4.69, 9.17) is 0 Å². The monoisotopic (exact) mass is 249 g/mol. The van der Waals surface area contributed by atoms with Gasteiger partial charge in [-0.05, 0) is 33.2 Å². The largest absolute Gasteiger partial charge is 0.373 e. The second kappa shape index (κ2) is 6.00. The normalized spacial score (nSPS) is 19.9. The lowest BCUT2D eigenvalue weighted by Gasteiger charge is -2.36. The van der Waals surface area contributed by atoms with Crippen LogP contribution in [0, 0.1) is 6.92 Å². The van der Waals surface area contributed by atoms with E-state index in [1.54, 1.807) is 0 Å². The van der Waals surface area contributed by atoms with Crippen LogP contribution in [-0.4, -0.2) is 43.2 Å². The Labute approximate surface area is 109 Å². The molecule has 0 saturated carbocycles. The molecule has 1 fully saturated rings. The Morgan fingerprint density at radius 2 is 2.17 bits per heavy atom. The Bertz CT molecular complexity index is 391. The predicted molar refractivity (Wildman–Crippen MR) is 75.2 cm³/mol. The van der Waals surface area contributed by atoms with Crippen LogP contribution in [0.3, 0.4) is 0 Å². The smallest absolute Gasteiger partial charge is 0.134 e. The molecule has 18 heavy (non-hydrogen) atoms. The van der Waals surface area contributed by atoms with E-state index in [0.29, 0.717) is 6.04 Å². The van der Waals surface area contributed by atoms with Gasteiger partial charge < -0.3 is 15.5 Å². The van der Waals surface area contributed by atoms with E-state index < -0.39 is 0 Å². The van der Waals surface area contributed by atoms with E-state index in [2.05, 4.69) is 25.5 Å². The third-order valence-electron chi connectivity index (χ3n) is 3.44. The fourth-order valence-electron chi connectivity index (χ4n) is 2.58. The van der Waals surface area contributed by atoms with Gasteiger partial charge >= 0.3 is 0 Å². The van der Waals surface area contributed by atoms with E-state index >= 15 is 0 Å². The fraction of sp³-hybridized carbons (Fsp3) is 0.692. The minimum absolute atomic E-state index is 0.544. The van der Waals surface area contributed by atoms with Crippen LogP contribution in [0.2, 0.25) is 0 Å². The summed E-state index contributed by atoms with van der Waals surface area (Å²) < 4.78 is 0. The number of aromatic nitrogens is 2. The van der Waals surface area contributed by atoms with E-state index in [0.717, 1.165) is 30.5 Å². The zero-order chi connectivity index (χ0) is 13.0. The number of likely N-dealkylation sites (N-methyl/N-ethyl adjacent to an activating group) is 1. The molecular formula is C13H23N5. The van der Waals surface area contributed by atoms with Gasteiger partial charge in [0.15, 0.2) is 0 Å². The molecule has 100 valence electrons. The number of hydrogen-bond acceptors (Lipinski definition) is 5. The molecule has 0 bridgehead atoms. The molecule has 1 saturated heterocycles. The second-order valence-electron chi connectivity index (χ2n) is 4.81. The summed E-state index contributed by atoms with van der Waals surface area (Å²) in [6, 6.07) is 2.59. The molecular weight excluding hydrogens is 226 g/mol. The zero-order valence-electron chi connectivity index (χ0n) is 11.5. The molecule has 1 aromatic rings. The highest BCUT2D eigenvalue weighted by Gasteiger charge is 2.23. The van der Waals surface area contributed by atoms with Crippen LogP contribution in [-0.2, 0) is 0 Å². The van der Waals surface area contributed by atoms with Crippen molar-refractivity contribution in [3.8, 4) is 0 Å². The summed E-state index contributed by atoms with van der Waals surface area (Å²) in [4.78, 5) is 11.4. The van der Waals surface area contributed by atoms with Crippen LogP contribution >= 0.6 is 0 Å². The number of nitrogens with zero attached hydrogens (tertiary/aromatic N) is 3. The molecule has 0 spiro atoms. The van der Waals surface area contributed by atoms with E-state index in [-0.39, 0.29) is 0 Å². The average molecular weight is 249 g/mol. The maximum absolute atomic E-state index is 4.58. The first-order chi connectivity index (χ1) is 8.74. The molecule has 5 heteroatoms. The number of aryl methyl sites for hydroxylation is 1. The van der Waals surface area contributed by atoms with E-state index in [1.165, 1.54) is 19.3 Å². The molecule has 1 unspecified atom stereocenters. The van der Waals surface area contributed by atoms with Crippen LogP contribution in [0.15, 0.2) is 6.07 Å². The molecule has 0 aliphatic carbocycles. The van der Waals surface area contributed by atoms with Crippen molar-refractivity contribution >= 4 is 11.6 Å². The van der Waals surface area contributed by atoms with Gasteiger partial charge in [-0.3, -0.25) is 0 Å². The maximum atomic E-state index is 4.58. The number of anilines is 2. The van der Waals surface area contributed by atoms with Gasteiger partial charge in [-0.25, -0.2) is 9.97 Å². The number of hydrogen-bond donors (Lipinski definition) is 2. The molecule has 0 aromatic carbocycles. The van der Waals surface area contributed by atoms with Gasteiger partial charge in [0.25, 0.3) is 0 Å². The molecule has 2 heterocycles. The van der Waals surface area contributed by atoms with Crippen LogP contribution < -0.4 is 15.5 Å². The van der Waals surface area contributed by atoms with Crippen molar-refractivity contribution in [3.63, 3.8) is 0 Å². The first-order valence-electron chi connectivity index (χ1n) is 6.69. The quantitative estimate of drug-likeness (QED) is 0.845. The molecule has 0 radical (unpaired) electrons. The highest BCUT2D eigenvalue weighted by atomic mass is 15.2. The lowest BCUT2D eigenvalue weighted by molar-refractivity contribution is 0.443. The van der Waals surface area contributed by atoms with Crippen LogP contribution in [0.4, 0.5) is 11.6 Å². The third-order valence-corrected chi connectivity index (χ3v) is 3.44. The van der Waals surface area contributed by atoms with Crippen molar-refractivity contribution < 1.29 is 0 Å². The molecule has 2 N–H and O–H groups in total. The topological polar surface area (TPSA) is 53.1 Å². The minimum Gasteiger partial charge on any atom is -0.373 e. The number of rotatable bonds is 4. The van der Waals surface area contributed by atoms with Crippen molar-refractivity contribution in [1.29, 1.82) is 0 Å². The van der Waals surface area contributed by atoms with E-state index in [1.807, 2.05) is 27.1 Å². The van der Waals surface area contributed by atoms with Gasteiger partial charge in [-0.15, -0.1) is 0 Å². The summed E-state index contributed by atoms with van der Waals surface area (Å²) in [6.45, 7) is 4.05. The number of piperidine rings is 1. The minimum atomic E-state index is 0.544. The SMILES string of the molecule is CNCC1CCCCN1c1cc(NC)nc(C)n1. The number of nitrogens with one attached hydrogen (secondary N) is 2. The Kier molecular flexibility index (Phi) is 4.36. The molecule has 2 rings (SSSR count). The molecule has 1 aromatic heterocycles. The van der Waals surface area contributed by atoms with Gasteiger partial charge in [-0.1, -0.05) is 0 Å². The fourth-order valence-corrected chi connectivity index (χ4v) is 2.58. The van der Waals surface area contributed by atoms with Crippen LogP contribution in [0.5, 0.6) is 0 Å². The third kappa shape index (κ3) is 2.90. The molecule has 1 atom stereocenters. The highest BCUT2D eigenvalue weighted by Crippen LogP contribution is 2.24. The van der Waals surface area contributed by atoms with Gasteiger partial charge in [0.05, 0.1) is 0 Å². The summed E-state index contributed by atoms with van der Waals surface area (Å²) in [6.07, 6.45) is 3.79. The Hall–Kier alpha value is -1.36. The summed E-state index contributed by atoms with van der Waals surface area (Å²) in [5.74, 6) is 2.77. The van der Waals surface area contributed by atoms with Crippen molar-refractivity contribution in [2.24, 2.45) is 0 Å².